The van der Waals surface area contributed by atoms with Gasteiger partial charge in [0.05, 0.1) is 0 Å². The first-order chi connectivity index (χ1) is 7.74. The van der Waals surface area contributed by atoms with Gasteiger partial charge in [-0.05, 0) is 34.1 Å². The maximum atomic E-state index is 11.4. The molecule has 1 atom stereocenters. The number of nitrogens with one attached hydrogen (secondary N) is 2. The summed E-state index contributed by atoms with van der Waals surface area (Å²) >= 11 is 0. The van der Waals surface area contributed by atoms with Crippen LogP contribution < -0.4 is 10.6 Å². The van der Waals surface area contributed by atoms with E-state index in [2.05, 4.69) is 10.6 Å². The fourth-order valence-corrected chi connectivity index (χ4v) is 1.04. The number of hydrogen-bond donors (Lipinski definition) is 2. The van der Waals surface area contributed by atoms with Crippen LogP contribution in [0.5, 0.6) is 0 Å². The van der Waals surface area contributed by atoms with Gasteiger partial charge in [0.15, 0.2) is 0 Å². The third-order valence-electron chi connectivity index (χ3n) is 2.04. The molecule has 5 nitrogen and oxygen atoms in total. The fourth-order valence-electron chi connectivity index (χ4n) is 1.04. The monoisotopic (exact) mass is 244 g/mol. The number of rotatable bonds is 5. The number of carbonyl (C=O) groups is 2. The first-order valence-corrected chi connectivity index (χ1v) is 6.00. The SMILES string of the molecule is CCC(C)NC(=O)CCNC(=O)OC(C)(C)C. The van der Waals surface area contributed by atoms with E-state index < -0.39 is 11.7 Å². The summed E-state index contributed by atoms with van der Waals surface area (Å²) < 4.78 is 5.04. The lowest BCUT2D eigenvalue weighted by Gasteiger charge is -2.19. The summed E-state index contributed by atoms with van der Waals surface area (Å²) in [5, 5.41) is 5.36. The van der Waals surface area contributed by atoms with Crippen LogP contribution in [0.2, 0.25) is 0 Å². The van der Waals surface area contributed by atoms with Crippen molar-refractivity contribution in [2.24, 2.45) is 0 Å². The summed E-state index contributed by atoms with van der Waals surface area (Å²) in [5.74, 6) is -0.0598. The molecule has 0 aliphatic carbocycles. The Bertz CT molecular complexity index is 259. The second-order valence-corrected chi connectivity index (χ2v) is 5.06. The van der Waals surface area contributed by atoms with Gasteiger partial charge in [-0.25, -0.2) is 4.79 Å². The molecule has 0 aliphatic heterocycles. The molecule has 0 saturated carbocycles. The highest BCUT2D eigenvalue weighted by Crippen LogP contribution is 2.06. The first-order valence-electron chi connectivity index (χ1n) is 6.00. The average Bonchev–Trinajstić information content (AvgIpc) is 2.14. The van der Waals surface area contributed by atoms with Gasteiger partial charge in [0, 0.05) is 19.0 Å². The predicted octanol–water partition coefficient (Wildman–Crippen LogP) is 1.82. The van der Waals surface area contributed by atoms with Gasteiger partial charge in [-0.1, -0.05) is 6.92 Å². The van der Waals surface area contributed by atoms with E-state index in [4.69, 9.17) is 4.74 Å². The molecule has 17 heavy (non-hydrogen) atoms. The molecule has 0 saturated heterocycles. The van der Waals surface area contributed by atoms with Gasteiger partial charge in [0.1, 0.15) is 5.60 Å². The third kappa shape index (κ3) is 9.66. The summed E-state index contributed by atoms with van der Waals surface area (Å²) in [6, 6.07) is 0.170. The maximum absolute atomic E-state index is 11.4. The zero-order valence-corrected chi connectivity index (χ0v) is 11.4. The minimum atomic E-state index is -0.511. The van der Waals surface area contributed by atoms with E-state index in [0.717, 1.165) is 6.42 Å². The Labute approximate surface area is 103 Å². The Hall–Kier alpha value is -1.26. The van der Waals surface area contributed by atoms with Crippen LogP contribution in [0.1, 0.15) is 47.5 Å². The molecule has 0 aromatic rings. The van der Waals surface area contributed by atoms with Crippen molar-refractivity contribution in [2.45, 2.75) is 59.1 Å². The minimum Gasteiger partial charge on any atom is -0.444 e. The molecule has 0 bridgehead atoms. The smallest absolute Gasteiger partial charge is 0.407 e. The van der Waals surface area contributed by atoms with E-state index in [9.17, 15) is 9.59 Å². The van der Waals surface area contributed by atoms with E-state index >= 15 is 0 Å². The Morgan fingerprint density at radius 3 is 2.35 bits per heavy atom. The molecule has 0 aromatic heterocycles. The topological polar surface area (TPSA) is 67.4 Å². The van der Waals surface area contributed by atoms with Crippen LogP contribution in [0.4, 0.5) is 4.79 Å². The van der Waals surface area contributed by atoms with Gasteiger partial charge in [-0.15, -0.1) is 0 Å². The molecular formula is C12H24N2O3. The standard InChI is InChI=1S/C12H24N2O3/c1-6-9(2)14-10(15)7-8-13-11(16)17-12(3,4)5/h9H,6-8H2,1-5H3,(H,13,16)(H,14,15). The summed E-state index contributed by atoms with van der Waals surface area (Å²) in [6.45, 7) is 9.62. The normalized spacial score (nSPS) is 12.8. The average molecular weight is 244 g/mol. The molecule has 100 valence electrons. The first kappa shape index (κ1) is 15.7. The van der Waals surface area contributed by atoms with Crippen molar-refractivity contribution in [3.8, 4) is 0 Å². The van der Waals surface area contributed by atoms with Crippen molar-refractivity contribution in [3.05, 3.63) is 0 Å². The van der Waals surface area contributed by atoms with E-state index in [1.165, 1.54) is 0 Å². The van der Waals surface area contributed by atoms with Crippen LogP contribution in [0, 0.1) is 0 Å². The van der Waals surface area contributed by atoms with Gasteiger partial charge >= 0.3 is 6.09 Å². The molecule has 0 aromatic carbocycles. The predicted molar refractivity (Wildman–Crippen MR) is 66.7 cm³/mol. The van der Waals surface area contributed by atoms with Gasteiger partial charge in [-0.2, -0.15) is 0 Å². The number of hydrogen-bond acceptors (Lipinski definition) is 3. The van der Waals surface area contributed by atoms with Crippen LogP contribution >= 0.6 is 0 Å². The van der Waals surface area contributed by atoms with Crippen molar-refractivity contribution in [1.29, 1.82) is 0 Å². The largest absolute Gasteiger partial charge is 0.444 e. The third-order valence-corrected chi connectivity index (χ3v) is 2.04. The number of alkyl carbamates (subject to hydrolysis) is 1. The molecule has 0 radical (unpaired) electrons. The molecule has 0 spiro atoms. The Morgan fingerprint density at radius 2 is 1.88 bits per heavy atom. The van der Waals surface area contributed by atoms with E-state index in [1.54, 1.807) is 20.8 Å². The molecule has 5 heteroatoms. The zero-order chi connectivity index (χ0) is 13.5. The molecule has 2 amide bonds. The van der Waals surface area contributed by atoms with Crippen LogP contribution in [-0.2, 0) is 9.53 Å². The van der Waals surface area contributed by atoms with Gasteiger partial charge in [-0.3, -0.25) is 4.79 Å². The highest BCUT2D eigenvalue weighted by Gasteiger charge is 2.15. The molecule has 0 heterocycles. The van der Waals surface area contributed by atoms with Gasteiger partial charge < -0.3 is 15.4 Å². The summed E-state index contributed by atoms with van der Waals surface area (Å²) in [5.41, 5.74) is -0.511. The van der Waals surface area contributed by atoms with Gasteiger partial charge in [0.25, 0.3) is 0 Å². The number of ether oxygens (including phenoxy) is 1. The maximum Gasteiger partial charge on any atom is 0.407 e. The van der Waals surface area contributed by atoms with Crippen molar-refractivity contribution < 1.29 is 14.3 Å². The quantitative estimate of drug-likeness (QED) is 0.775. The zero-order valence-electron chi connectivity index (χ0n) is 11.4. The molecule has 0 aliphatic rings. The fraction of sp³-hybridized carbons (Fsp3) is 0.833. The van der Waals surface area contributed by atoms with E-state index in [1.807, 2.05) is 13.8 Å². The summed E-state index contributed by atoms with van der Waals surface area (Å²) in [4.78, 5) is 22.6. The lowest BCUT2D eigenvalue weighted by Crippen LogP contribution is -2.37. The second-order valence-electron chi connectivity index (χ2n) is 5.06. The molecule has 0 rings (SSSR count). The lowest BCUT2D eigenvalue weighted by atomic mass is 10.2. The van der Waals surface area contributed by atoms with Crippen molar-refractivity contribution in [2.75, 3.05) is 6.54 Å². The lowest BCUT2D eigenvalue weighted by molar-refractivity contribution is -0.121. The Kier molecular flexibility index (Phi) is 6.61. The minimum absolute atomic E-state index is 0.0598. The summed E-state index contributed by atoms with van der Waals surface area (Å²) in [7, 11) is 0. The van der Waals surface area contributed by atoms with Crippen LogP contribution in [0.3, 0.4) is 0 Å². The van der Waals surface area contributed by atoms with Crippen molar-refractivity contribution in [1.82, 2.24) is 10.6 Å². The molecule has 1 unspecified atom stereocenters. The number of carbonyl (C=O) groups excluding carboxylic acids is 2. The highest BCUT2D eigenvalue weighted by molar-refractivity contribution is 5.77. The molecule has 2 N–H and O–H groups in total. The van der Waals surface area contributed by atoms with E-state index in [-0.39, 0.29) is 24.9 Å². The highest BCUT2D eigenvalue weighted by atomic mass is 16.6. The van der Waals surface area contributed by atoms with E-state index in [0.29, 0.717) is 0 Å². The Balaban J connectivity index is 3.70. The van der Waals surface area contributed by atoms with Gasteiger partial charge in [0.2, 0.25) is 5.91 Å². The molecular weight excluding hydrogens is 220 g/mol. The Morgan fingerprint density at radius 1 is 1.29 bits per heavy atom. The summed E-state index contributed by atoms with van der Waals surface area (Å²) in [6.07, 6.45) is 0.670. The van der Waals surface area contributed by atoms with Crippen molar-refractivity contribution in [3.63, 3.8) is 0 Å². The van der Waals surface area contributed by atoms with Crippen LogP contribution in [-0.4, -0.2) is 30.2 Å². The second kappa shape index (κ2) is 7.14. The van der Waals surface area contributed by atoms with Crippen LogP contribution in [0.15, 0.2) is 0 Å². The molecule has 0 fully saturated rings. The van der Waals surface area contributed by atoms with Crippen LogP contribution in [0.25, 0.3) is 0 Å². The van der Waals surface area contributed by atoms with Crippen molar-refractivity contribution >= 4 is 12.0 Å². The number of amides is 2.